The third-order valence-electron chi connectivity index (χ3n) is 6.47. The normalized spacial score (nSPS) is 17.9. The van der Waals surface area contributed by atoms with E-state index in [1.165, 1.54) is 23.5 Å². The van der Waals surface area contributed by atoms with E-state index in [0.29, 0.717) is 22.4 Å². The highest BCUT2D eigenvalue weighted by Crippen LogP contribution is 2.51. The van der Waals surface area contributed by atoms with Crippen molar-refractivity contribution in [2.75, 3.05) is 11.4 Å². The third kappa shape index (κ3) is 4.01. The van der Waals surface area contributed by atoms with Crippen LogP contribution in [0.2, 0.25) is 0 Å². The van der Waals surface area contributed by atoms with Crippen LogP contribution in [-0.2, 0) is 26.0 Å². The molecule has 2 aliphatic rings. The Kier molecular flexibility index (Phi) is 5.97. The van der Waals surface area contributed by atoms with Crippen LogP contribution in [-0.4, -0.2) is 21.5 Å². The van der Waals surface area contributed by atoms with E-state index >= 15 is 0 Å². The Hall–Kier alpha value is -4.55. The number of nitriles is 1. The van der Waals surface area contributed by atoms with Gasteiger partial charge in [-0.2, -0.15) is 5.26 Å². The molecule has 8 nitrogen and oxygen atoms in total. The summed E-state index contributed by atoms with van der Waals surface area (Å²) < 4.78 is 40.5. The van der Waals surface area contributed by atoms with Gasteiger partial charge in [0, 0.05) is 5.56 Å². The molecule has 0 saturated heterocycles. The average molecular weight is 514 g/mol. The first-order valence-corrected chi connectivity index (χ1v) is 12.9. The van der Waals surface area contributed by atoms with Crippen molar-refractivity contribution in [1.82, 2.24) is 0 Å². The molecule has 2 N–H and O–H groups in total. The van der Waals surface area contributed by atoms with Crippen LogP contribution in [0.1, 0.15) is 38.5 Å². The molecule has 0 saturated carbocycles. The number of methoxy groups -OCH3 is 1. The molecule has 37 heavy (non-hydrogen) atoms. The molecule has 3 aromatic carbocycles. The zero-order valence-corrected chi connectivity index (χ0v) is 21.0. The number of carbonyl (C=O) groups excluding carboxylic acids is 1. The molecule has 0 aromatic heterocycles. The first kappa shape index (κ1) is 24.2. The number of para-hydroxylation sites is 1. The van der Waals surface area contributed by atoms with Crippen molar-refractivity contribution in [3.63, 3.8) is 0 Å². The fourth-order valence-electron chi connectivity index (χ4n) is 4.60. The van der Waals surface area contributed by atoms with Crippen molar-refractivity contribution < 1.29 is 22.7 Å². The Morgan fingerprint density at radius 3 is 2.41 bits per heavy atom. The predicted octanol–water partition coefficient (Wildman–Crippen LogP) is 4.31. The van der Waals surface area contributed by atoms with Gasteiger partial charge in [0.05, 0.1) is 30.8 Å². The minimum atomic E-state index is -4.19. The Labute approximate surface area is 214 Å². The van der Waals surface area contributed by atoms with Gasteiger partial charge in [0.25, 0.3) is 10.0 Å². The lowest BCUT2D eigenvalue weighted by atomic mass is 9.88. The lowest BCUT2D eigenvalue weighted by molar-refractivity contribution is 0.0600. The molecular weight excluding hydrogens is 490 g/mol. The van der Waals surface area contributed by atoms with Gasteiger partial charge in [0.1, 0.15) is 16.5 Å². The van der Waals surface area contributed by atoms with Crippen LogP contribution in [0.15, 0.2) is 89.2 Å². The van der Waals surface area contributed by atoms with Crippen molar-refractivity contribution in [2.45, 2.75) is 19.4 Å². The van der Waals surface area contributed by atoms with E-state index in [1.54, 1.807) is 36.4 Å². The number of fused-ring (bicyclic) bond motifs is 2. The molecule has 0 bridgehead atoms. The molecule has 0 amide bonds. The highest BCUT2D eigenvalue weighted by atomic mass is 32.2. The van der Waals surface area contributed by atoms with E-state index in [-0.39, 0.29) is 28.7 Å². The minimum Gasteiger partial charge on any atom is -0.465 e. The van der Waals surface area contributed by atoms with Crippen LogP contribution in [0.4, 0.5) is 5.69 Å². The smallest absolute Gasteiger partial charge is 0.337 e. The maximum Gasteiger partial charge on any atom is 0.337 e. The fourth-order valence-corrected chi connectivity index (χ4v) is 6.51. The van der Waals surface area contributed by atoms with E-state index in [0.717, 1.165) is 11.1 Å². The van der Waals surface area contributed by atoms with Crippen LogP contribution in [0.3, 0.4) is 0 Å². The number of anilines is 1. The van der Waals surface area contributed by atoms with E-state index < -0.39 is 21.9 Å². The number of hydrogen-bond donors (Lipinski definition) is 1. The maximum absolute atomic E-state index is 14.3. The molecule has 0 unspecified atom stereocenters. The van der Waals surface area contributed by atoms with Crippen molar-refractivity contribution in [3.8, 4) is 6.07 Å². The van der Waals surface area contributed by atoms with Gasteiger partial charge in [-0.15, -0.1) is 0 Å². The molecule has 0 radical (unpaired) electrons. The molecule has 0 fully saturated rings. The van der Waals surface area contributed by atoms with Gasteiger partial charge >= 0.3 is 5.97 Å². The van der Waals surface area contributed by atoms with Crippen LogP contribution in [0.5, 0.6) is 0 Å². The molecule has 3 aromatic rings. The number of nitrogens with two attached hydrogens (primary N) is 1. The summed E-state index contributed by atoms with van der Waals surface area (Å²) in [5.41, 5.74) is 9.77. The standard InChI is InChI=1S/C28H23N3O5S/c1-17-7-9-18(10-8-17)16-31-23-6-4-3-5-21(23)25-26(37(31,33)34)24(22(15-29)27(30)36-25)19-11-13-20(14-12-19)28(32)35-2/h3-14,24H,16,30H2,1-2H3/t24-/m0/s1. The summed E-state index contributed by atoms with van der Waals surface area (Å²) in [6.45, 7) is 2.05. The lowest BCUT2D eigenvalue weighted by Gasteiger charge is -2.38. The fraction of sp³-hybridized carbons (Fsp3) is 0.143. The van der Waals surface area contributed by atoms with Crippen LogP contribution in [0, 0.1) is 18.3 Å². The number of hydrogen-bond acceptors (Lipinski definition) is 7. The van der Waals surface area contributed by atoms with E-state index in [1.807, 2.05) is 37.3 Å². The summed E-state index contributed by atoms with van der Waals surface area (Å²) >= 11 is 0. The summed E-state index contributed by atoms with van der Waals surface area (Å²) in [5, 5.41) is 9.98. The second-order valence-electron chi connectivity index (χ2n) is 8.75. The van der Waals surface area contributed by atoms with Gasteiger partial charge in [0.15, 0.2) is 5.76 Å². The molecule has 2 aliphatic heterocycles. The summed E-state index contributed by atoms with van der Waals surface area (Å²) in [4.78, 5) is 11.9. The van der Waals surface area contributed by atoms with Gasteiger partial charge in [-0.3, -0.25) is 4.31 Å². The summed E-state index contributed by atoms with van der Waals surface area (Å²) in [6, 6.07) is 22.9. The maximum atomic E-state index is 14.3. The monoisotopic (exact) mass is 513 g/mol. The number of aryl methyl sites for hydroxylation is 1. The van der Waals surface area contributed by atoms with Crippen LogP contribution in [0.25, 0.3) is 5.76 Å². The number of benzene rings is 3. The number of carbonyl (C=O) groups is 1. The van der Waals surface area contributed by atoms with Gasteiger partial charge in [-0.25, -0.2) is 13.2 Å². The number of ether oxygens (including phenoxy) is 2. The molecule has 2 heterocycles. The highest BCUT2D eigenvalue weighted by molar-refractivity contribution is 7.96. The van der Waals surface area contributed by atoms with E-state index in [9.17, 15) is 18.5 Å². The van der Waals surface area contributed by atoms with Crippen molar-refractivity contribution in [1.29, 1.82) is 5.26 Å². The topological polar surface area (TPSA) is 123 Å². The van der Waals surface area contributed by atoms with Crippen LogP contribution >= 0.6 is 0 Å². The van der Waals surface area contributed by atoms with Crippen molar-refractivity contribution in [3.05, 3.63) is 117 Å². The van der Waals surface area contributed by atoms with Crippen molar-refractivity contribution >= 4 is 27.4 Å². The molecule has 0 aliphatic carbocycles. The van der Waals surface area contributed by atoms with Crippen LogP contribution < -0.4 is 10.0 Å². The first-order valence-electron chi connectivity index (χ1n) is 11.4. The lowest BCUT2D eigenvalue weighted by Crippen LogP contribution is -2.39. The molecule has 186 valence electrons. The van der Waals surface area contributed by atoms with Gasteiger partial charge in [-0.1, -0.05) is 54.1 Å². The average Bonchev–Trinajstić information content (AvgIpc) is 2.91. The Bertz CT molecular complexity index is 1620. The van der Waals surface area contributed by atoms with Gasteiger partial charge in [-0.05, 0) is 42.3 Å². The summed E-state index contributed by atoms with van der Waals surface area (Å²) in [6.07, 6.45) is 0. The molecule has 0 spiro atoms. The number of sulfonamides is 1. The first-order chi connectivity index (χ1) is 17.8. The second-order valence-corrected chi connectivity index (χ2v) is 10.6. The Balaban J connectivity index is 1.71. The largest absolute Gasteiger partial charge is 0.465 e. The SMILES string of the molecule is COC(=O)c1ccc([C@H]2C(C#N)=C(N)OC3=C2S(=O)(=O)N(Cc2ccc(C)cc2)c2ccccc23)cc1. The number of nitrogens with zero attached hydrogens (tertiary/aromatic N) is 2. The van der Waals surface area contributed by atoms with E-state index in [4.69, 9.17) is 15.2 Å². The highest BCUT2D eigenvalue weighted by Gasteiger charge is 2.47. The molecular formula is C28H23N3O5S. The number of allylic oxidation sites excluding steroid dienone is 2. The molecule has 9 heteroatoms. The van der Waals surface area contributed by atoms with Gasteiger partial charge in [0.2, 0.25) is 5.88 Å². The number of rotatable bonds is 4. The Morgan fingerprint density at radius 1 is 1.08 bits per heavy atom. The summed E-state index contributed by atoms with van der Waals surface area (Å²) in [7, 11) is -2.91. The Morgan fingerprint density at radius 2 is 1.76 bits per heavy atom. The zero-order valence-electron chi connectivity index (χ0n) is 20.1. The molecule has 5 rings (SSSR count). The predicted molar refractivity (Wildman–Crippen MR) is 138 cm³/mol. The van der Waals surface area contributed by atoms with Gasteiger partial charge < -0.3 is 15.2 Å². The quantitative estimate of drug-likeness (QED) is 0.516. The summed E-state index contributed by atoms with van der Waals surface area (Å²) in [5.74, 6) is -1.63. The molecule has 1 atom stereocenters. The zero-order chi connectivity index (χ0) is 26.3. The van der Waals surface area contributed by atoms with E-state index in [2.05, 4.69) is 0 Å². The minimum absolute atomic E-state index is 0.0252. The van der Waals surface area contributed by atoms with Crippen molar-refractivity contribution in [2.24, 2.45) is 5.73 Å². The second kappa shape index (κ2) is 9.15. The number of esters is 1. The third-order valence-corrected chi connectivity index (χ3v) is 8.35.